The molecule has 1 aliphatic rings. The summed E-state index contributed by atoms with van der Waals surface area (Å²) in [6.07, 6.45) is 9.41. The maximum Gasteiger partial charge on any atom is 0.207 e. The van der Waals surface area contributed by atoms with Crippen LogP contribution < -0.4 is 21.6 Å². The molecule has 0 spiro atoms. The molecular formula is C28H35F2N7O2. The second kappa shape index (κ2) is 12.6. The molecule has 0 saturated heterocycles. The van der Waals surface area contributed by atoms with Crippen LogP contribution in [-0.4, -0.2) is 27.9 Å². The highest BCUT2D eigenvalue weighted by atomic mass is 19.1. The number of allylic oxidation sites excluding steroid dienone is 1. The van der Waals surface area contributed by atoms with Gasteiger partial charge in [-0.2, -0.15) is 5.26 Å². The van der Waals surface area contributed by atoms with E-state index in [1.165, 1.54) is 36.6 Å². The van der Waals surface area contributed by atoms with Gasteiger partial charge < -0.3 is 25.2 Å². The number of carbonyl (C=O) groups excluding carboxylic acids is 1. The van der Waals surface area contributed by atoms with Crippen molar-refractivity contribution in [1.29, 1.82) is 5.26 Å². The molecule has 2 aromatic heterocycles. The molecule has 9 nitrogen and oxygen atoms in total. The number of imidazole rings is 1. The highest BCUT2D eigenvalue weighted by Gasteiger charge is 2.27. The number of nitrogens with one attached hydrogen (secondary N) is 1. The SMILES string of the molecule is C/C(N)=C/N(N)Cc1cn2cc(C3CC3)cc(CC(C)(C)C#N)c2n1.COc1ccc(F)c(CNC=O)c1F. The van der Waals surface area contributed by atoms with E-state index in [1.54, 1.807) is 13.1 Å². The van der Waals surface area contributed by atoms with E-state index in [1.807, 2.05) is 20.0 Å². The molecule has 1 aromatic carbocycles. The number of hydrogen-bond acceptors (Lipinski definition) is 7. The summed E-state index contributed by atoms with van der Waals surface area (Å²) in [4.78, 5) is 14.7. The molecule has 0 atom stereocenters. The van der Waals surface area contributed by atoms with E-state index < -0.39 is 17.0 Å². The highest BCUT2D eigenvalue weighted by Crippen LogP contribution is 2.41. The number of nitrogens with zero attached hydrogens (tertiary/aromatic N) is 4. The van der Waals surface area contributed by atoms with Crippen molar-refractivity contribution < 1.29 is 18.3 Å². The van der Waals surface area contributed by atoms with Crippen LogP contribution in [0.25, 0.3) is 5.65 Å². The van der Waals surface area contributed by atoms with Gasteiger partial charge in [0.05, 0.1) is 30.8 Å². The van der Waals surface area contributed by atoms with Crippen molar-refractivity contribution >= 4 is 12.1 Å². The van der Waals surface area contributed by atoms with Crippen LogP contribution in [0.15, 0.2) is 42.5 Å². The second-order valence-corrected chi connectivity index (χ2v) is 10.3. The van der Waals surface area contributed by atoms with Gasteiger partial charge in [0.25, 0.3) is 0 Å². The minimum atomic E-state index is -0.790. The van der Waals surface area contributed by atoms with Gasteiger partial charge in [-0.15, -0.1) is 0 Å². The number of benzene rings is 1. The first kappa shape index (κ1) is 29.4. The lowest BCUT2D eigenvalue weighted by Crippen LogP contribution is -2.25. The number of methoxy groups -OCH3 is 1. The van der Waals surface area contributed by atoms with E-state index in [9.17, 15) is 18.8 Å². The summed E-state index contributed by atoms with van der Waals surface area (Å²) in [6, 6.07) is 6.90. The molecule has 0 aliphatic heterocycles. The monoisotopic (exact) mass is 539 g/mol. The molecule has 1 fully saturated rings. The predicted octanol–water partition coefficient (Wildman–Crippen LogP) is 4.02. The average molecular weight is 540 g/mol. The van der Waals surface area contributed by atoms with Gasteiger partial charge in [0.2, 0.25) is 6.41 Å². The molecule has 0 radical (unpaired) electrons. The lowest BCUT2D eigenvalue weighted by atomic mass is 9.87. The van der Waals surface area contributed by atoms with Crippen molar-refractivity contribution in [3.8, 4) is 11.8 Å². The molecule has 11 heteroatoms. The molecule has 1 saturated carbocycles. The Morgan fingerprint density at radius 1 is 1.36 bits per heavy atom. The largest absolute Gasteiger partial charge is 0.494 e. The zero-order valence-electron chi connectivity index (χ0n) is 22.7. The number of halogens is 2. The summed E-state index contributed by atoms with van der Waals surface area (Å²) in [5.41, 5.74) is 9.93. The number of nitrogens with two attached hydrogens (primary N) is 2. The number of rotatable bonds is 10. The Morgan fingerprint density at radius 2 is 2.08 bits per heavy atom. The fraction of sp³-hybridized carbons (Fsp3) is 0.393. The van der Waals surface area contributed by atoms with Crippen molar-refractivity contribution in [3.05, 3.63) is 76.5 Å². The Labute approximate surface area is 227 Å². The van der Waals surface area contributed by atoms with Crippen LogP contribution in [-0.2, 0) is 24.3 Å². The first-order chi connectivity index (χ1) is 18.5. The molecule has 1 aliphatic carbocycles. The van der Waals surface area contributed by atoms with Crippen molar-refractivity contribution in [1.82, 2.24) is 19.7 Å². The summed E-state index contributed by atoms with van der Waals surface area (Å²) in [6.45, 7) is 6.02. The van der Waals surface area contributed by atoms with Gasteiger partial charge >= 0.3 is 0 Å². The fourth-order valence-electron chi connectivity index (χ4n) is 4.14. The molecule has 2 heterocycles. The van der Waals surface area contributed by atoms with Crippen LogP contribution in [0.2, 0.25) is 0 Å². The number of fused-ring (bicyclic) bond motifs is 1. The zero-order chi connectivity index (χ0) is 28.7. The van der Waals surface area contributed by atoms with Crippen molar-refractivity contribution in [2.75, 3.05) is 7.11 Å². The maximum atomic E-state index is 13.3. The molecular weight excluding hydrogens is 504 g/mol. The van der Waals surface area contributed by atoms with E-state index in [0.29, 0.717) is 31.0 Å². The quantitative estimate of drug-likeness (QED) is 0.201. The van der Waals surface area contributed by atoms with Crippen LogP contribution >= 0.6 is 0 Å². The second-order valence-electron chi connectivity index (χ2n) is 10.3. The topological polar surface area (TPSA) is 135 Å². The van der Waals surface area contributed by atoms with E-state index >= 15 is 0 Å². The summed E-state index contributed by atoms with van der Waals surface area (Å²) in [5.74, 6) is 5.06. The van der Waals surface area contributed by atoms with Gasteiger partial charge in [0, 0.05) is 36.4 Å². The van der Waals surface area contributed by atoms with Gasteiger partial charge in [-0.05, 0) is 69.2 Å². The molecule has 3 aromatic rings. The summed E-state index contributed by atoms with van der Waals surface area (Å²) < 4.78 is 33.1. The number of ether oxygens (including phenoxy) is 1. The number of hydrogen-bond donors (Lipinski definition) is 3. The van der Waals surface area contributed by atoms with E-state index in [0.717, 1.165) is 23.0 Å². The molecule has 208 valence electrons. The van der Waals surface area contributed by atoms with Crippen molar-refractivity contribution in [2.24, 2.45) is 17.0 Å². The van der Waals surface area contributed by atoms with Crippen LogP contribution in [0.4, 0.5) is 8.78 Å². The molecule has 0 bridgehead atoms. The van der Waals surface area contributed by atoms with Crippen LogP contribution in [0.3, 0.4) is 0 Å². The van der Waals surface area contributed by atoms with Crippen molar-refractivity contribution in [2.45, 2.75) is 59.0 Å². The van der Waals surface area contributed by atoms with Gasteiger partial charge in [-0.25, -0.2) is 19.6 Å². The average Bonchev–Trinajstić information content (AvgIpc) is 3.64. The third-order valence-electron chi connectivity index (χ3n) is 6.13. The van der Waals surface area contributed by atoms with Gasteiger partial charge in [-0.3, -0.25) is 4.79 Å². The normalized spacial score (nSPS) is 13.3. The zero-order valence-corrected chi connectivity index (χ0v) is 22.7. The summed E-state index contributed by atoms with van der Waals surface area (Å²) >= 11 is 0. The van der Waals surface area contributed by atoms with Gasteiger partial charge in [0.15, 0.2) is 11.6 Å². The molecule has 0 unspecified atom stereocenters. The van der Waals surface area contributed by atoms with E-state index in [2.05, 4.69) is 32.8 Å². The summed E-state index contributed by atoms with van der Waals surface area (Å²) in [7, 11) is 1.28. The van der Waals surface area contributed by atoms with Crippen molar-refractivity contribution in [3.63, 3.8) is 0 Å². The highest BCUT2D eigenvalue weighted by molar-refractivity contribution is 5.52. The number of hydrazine groups is 1. The Hall–Kier alpha value is -4.17. The number of pyridine rings is 1. The smallest absolute Gasteiger partial charge is 0.207 e. The molecule has 5 N–H and O–H groups in total. The first-order valence-electron chi connectivity index (χ1n) is 12.5. The van der Waals surface area contributed by atoms with E-state index in [4.69, 9.17) is 16.6 Å². The van der Waals surface area contributed by atoms with Crippen LogP contribution in [0.5, 0.6) is 5.75 Å². The third kappa shape index (κ3) is 7.91. The lowest BCUT2D eigenvalue weighted by molar-refractivity contribution is -0.109. The standard InChI is InChI=1S/C19H26N6.C9H9F2NO2/c1-13(21)8-25(22)11-17-10-24-9-16(14-4-5-14)6-15(18(24)23-17)7-19(2,3)12-20;1-14-8-3-2-7(10)6(9(8)11)4-12-5-13/h6,8-10,14H,4-5,7,11,21-22H2,1-3H3;2-3,5H,4H2,1H3,(H,12,13)/b13-8-;. The lowest BCUT2D eigenvalue weighted by Gasteiger charge is -2.16. The molecule has 39 heavy (non-hydrogen) atoms. The third-order valence-corrected chi connectivity index (χ3v) is 6.13. The minimum Gasteiger partial charge on any atom is -0.494 e. The Balaban J connectivity index is 0.000000255. The Morgan fingerprint density at radius 3 is 2.67 bits per heavy atom. The maximum absolute atomic E-state index is 13.3. The number of aromatic nitrogens is 2. The Kier molecular flexibility index (Phi) is 9.48. The first-order valence-corrected chi connectivity index (χ1v) is 12.5. The Bertz CT molecular complexity index is 1390. The number of amides is 1. The fourth-order valence-corrected chi connectivity index (χ4v) is 4.14. The number of nitriles is 1. The predicted molar refractivity (Wildman–Crippen MR) is 144 cm³/mol. The molecule has 1 amide bonds. The van der Waals surface area contributed by atoms with E-state index in [-0.39, 0.29) is 17.9 Å². The minimum absolute atomic E-state index is 0.0471. The van der Waals surface area contributed by atoms with Gasteiger partial charge in [0.1, 0.15) is 11.5 Å². The van der Waals surface area contributed by atoms with Crippen LogP contribution in [0, 0.1) is 28.4 Å². The molecule has 4 rings (SSSR count). The summed E-state index contributed by atoms with van der Waals surface area (Å²) in [5, 5.41) is 13.1. The number of carbonyl (C=O) groups is 1. The van der Waals surface area contributed by atoms with Gasteiger partial charge in [-0.1, -0.05) is 6.07 Å². The van der Waals surface area contributed by atoms with Crippen LogP contribution in [0.1, 0.15) is 61.9 Å².